The monoisotopic (exact) mass is 374 g/mol. The molecule has 1 heterocycles. The van der Waals surface area contributed by atoms with E-state index >= 15 is 0 Å². The molecule has 0 aliphatic rings. The molecule has 26 heavy (non-hydrogen) atoms. The third-order valence-corrected chi connectivity index (χ3v) is 4.96. The van der Waals surface area contributed by atoms with Gasteiger partial charge in [-0.25, -0.2) is 0 Å². The van der Waals surface area contributed by atoms with Gasteiger partial charge in [-0.2, -0.15) is 13.2 Å². The van der Waals surface area contributed by atoms with Crippen LogP contribution in [0.3, 0.4) is 0 Å². The first kappa shape index (κ1) is 18.5. The zero-order valence-electron chi connectivity index (χ0n) is 14.1. The number of hydrogen-bond acceptors (Lipinski definition) is 3. The van der Waals surface area contributed by atoms with E-state index in [1.54, 1.807) is 0 Å². The summed E-state index contributed by atoms with van der Waals surface area (Å²) in [4.78, 5) is 0. The fraction of sp³-hybridized carbons (Fsp3) is 0.200. The van der Waals surface area contributed by atoms with Gasteiger partial charge in [-0.05, 0) is 41.8 Å². The Morgan fingerprint density at radius 2 is 1.46 bits per heavy atom. The predicted molar refractivity (Wildman–Crippen MR) is 97.9 cm³/mol. The summed E-state index contributed by atoms with van der Waals surface area (Å²) in [7, 11) is 0. The molecule has 0 aliphatic carbocycles. The molecule has 0 saturated carbocycles. The van der Waals surface area contributed by atoms with E-state index in [4.69, 9.17) is 0 Å². The lowest BCUT2D eigenvalue weighted by Gasteiger charge is -2.07. The molecule has 3 aromatic rings. The van der Waals surface area contributed by atoms with Gasteiger partial charge in [0, 0.05) is 11.3 Å². The summed E-state index contributed by atoms with van der Waals surface area (Å²) in [6, 6.07) is 17.2. The van der Waals surface area contributed by atoms with E-state index in [2.05, 4.69) is 29.3 Å². The molecule has 0 bridgehead atoms. The molecule has 0 saturated heterocycles. The Kier molecular flexibility index (Phi) is 5.61. The van der Waals surface area contributed by atoms with Crippen LogP contribution in [0.5, 0.6) is 0 Å². The molecule has 2 nitrogen and oxygen atoms in total. The van der Waals surface area contributed by atoms with Gasteiger partial charge >= 0.3 is 6.18 Å². The third kappa shape index (κ3) is 4.64. The van der Waals surface area contributed by atoms with Crippen molar-refractivity contribution >= 4 is 11.8 Å². The summed E-state index contributed by atoms with van der Waals surface area (Å²) in [5.74, 6) is 0.539. The third-order valence-electron chi connectivity index (χ3n) is 3.97. The molecule has 0 amide bonds. The van der Waals surface area contributed by atoms with Crippen molar-refractivity contribution in [1.82, 2.24) is 10.2 Å². The molecular formula is C20H17F3N2S. The Hall–Kier alpha value is -2.34. The Morgan fingerprint density at radius 3 is 2.00 bits per heavy atom. The lowest BCUT2D eigenvalue weighted by Crippen LogP contribution is -2.04. The van der Waals surface area contributed by atoms with Gasteiger partial charge in [0.2, 0.25) is 0 Å². The van der Waals surface area contributed by atoms with Gasteiger partial charge in [0.15, 0.2) is 0 Å². The fourth-order valence-electron chi connectivity index (χ4n) is 2.41. The van der Waals surface area contributed by atoms with Crippen molar-refractivity contribution in [3.8, 4) is 11.3 Å². The van der Waals surface area contributed by atoms with Crippen LogP contribution in [0.4, 0.5) is 13.2 Å². The van der Waals surface area contributed by atoms with Gasteiger partial charge in [0.05, 0.1) is 11.3 Å². The summed E-state index contributed by atoms with van der Waals surface area (Å²) in [6.07, 6.45) is -3.31. The number of rotatable bonds is 5. The smallest absolute Gasteiger partial charge is 0.166 e. The van der Waals surface area contributed by atoms with Crippen molar-refractivity contribution in [2.75, 3.05) is 0 Å². The highest BCUT2D eigenvalue weighted by atomic mass is 32.2. The standard InChI is InChI=1S/C20H17F3N2S/c1-2-14-3-7-16(8-4-14)18-11-12-19(25-24-18)26-13-15-5-9-17(10-6-15)20(21,22)23/h3-12H,2,13H2,1H3. The normalized spacial score (nSPS) is 11.5. The van der Waals surface area contributed by atoms with Crippen LogP contribution in [0.25, 0.3) is 11.3 Å². The van der Waals surface area contributed by atoms with E-state index in [0.29, 0.717) is 5.75 Å². The van der Waals surface area contributed by atoms with Crippen LogP contribution in [0.2, 0.25) is 0 Å². The summed E-state index contributed by atoms with van der Waals surface area (Å²) >= 11 is 1.44. The van der Waals surface area contributed by atoms with E-state index in [0.717, 1.165) is 40.4 Å². The fourth-order valence-corrected chi connectivity index (χ4v) is 3.18. The second-order valence-electron chi connectivity index (χ2n) is 5.79. The molecule has 0 N–H and O–H groups in total. The second-order valence-corrected chi connectivity index (χ2v) is 6.79. The highest BCUT2D eigenvalue weighted by Gasteiger charge is 2.29. The molecular weight excluding hydrogens is 357 g/mol. The number of thioether (sulfide) groups is 1. The van der Waals surface area contributed by atoms with Gasteiger partial charge < -0.3 is 0 Å². The van der Waals surface area contributed by atoms with E-state index in [1.807, 2.05) is 24.3 Å². The average molecular weight is 374 g/mol. The maximum Gasteiger partial charge on any atom is 0.416 e. The number of hydrogen-bond donors (Lipinski definition) is 0. The molecule has 1 aromatic heterocycles. The van der Waals surface area contributed by atoms with E-state index < -0.39 is 11.7 Å². The molecule has 3 rings (SSSR count). The Labute approximate surface area is 154 Å². The van der Waals surface area contributed by atoms with Crippen LogP contribution in [0.15, 0.2) is 65.7 Å². The van der Waals surface area contributed by atoms with Gasteiger partial charge in [0.25, 0.3) is 0 Å². The van der Waals surface area contributed by atoms with Crippen molar-refractivity contribution in [1.29, 1.82) is 0 Å². The minimum atomic E-state index is -4.30. The molecule has 0 fully saturated rings. The van der Waals surface area contributed by atoms with E-state index in [9.17, 15) is 13.2 Å². The SMILES string of the molecule is CCc1ccc(-c2ccc(SCc3ccc(C(F)(F)F)cc3)nn2)cc1. The number of nitrogens with zero attached hydrogens (tertiary/aromatic N) is 2. The van der Waals surface area contributed by atoms with E-state index in [1.165, 1.54) is 29.5 Å². The van der Waals surface area contributed by atoms with E-state index in [-0.39, 0.29) is 0 Å². The number of aryl methyl sites for hydroxylation is 1. The zero-order valence-corrected chi connectivity index (χ0v) is 14.9. The summed E-state index contributed by atoms with van der Waals surface area (Å²) in [6.45, 7) is 2.11. The molecule has 6 heteroatoms. The first-order valence-electron chi connectivity index (χ1n) is 8.17. The van der Waals surface area contributed by atoms with Crippen LogP contribution in [0, 0.1) is 0 Å². The number of halogens is 3. The number of benzene rings is 2. The second kappa shape index (κ2) is 7.91. The molecule has 0 radical (unpaired) electrons. The quantitative estimate of drug-likeness (QED) is 0.511. The molecule has 0 unspecified atom stereocenters. The Bertz CT molecular complexity index is 842. The molecule has 2 aromatic carbocycles. The summed E-state index contributed by atoms with van der Waals surface area (Å²) in [5, 5.41) is 9.18. The van der Waals surface area contributed by atoms with Crippen molar-refractivity contribution in [2.45, 2.75) is 30.3 Å². The number of alkyl halides is 3. The summed E-state index contributed by atoms with van der Waals surface area (Å²) in [5.41, 5.74) is 3.25. The van der Waals surface area contributed by atoms with Gasteiger partial charge in [-0.1, -0.05) is 55.1 Å². The topological polar surface area (TPSA) is 25.8 Å². The highest BCUT2D eigenvalue weighted by Crippen LogP contribution is 2.30. The number of aromatic nitrogens is 2. The maximum absolute atomic E-state index is 12.6. The van der Waals surface area contributed by atoms with Crippen molar-refractivity contribution in [2.24, 2.45) is 0 Å². The average Bonchev–Trinajstić information content (AvgIpc) is 2.66. The molecule has 134 valence electrons. The summed E-state index contributed by atoms with van der Waals surface area (Å²) < 4.78 is 37.7. The van der Waals surface area contributed by atoms with Gasteiger partial charge in [0.1, 0.15) is 5.03 Å². The van der Waals surface area contributed by atoms with Crippen LogP contribution in [-0.4, -0.2) is 10.2 Å². The molecule has 0 atom stereocenters. The van der Waals surface area contributed by atoms with Crippen molar-refractivity contribution < 1.29 is 13.2 Å². The molecule has 0 aliphatic heterocycles. The first-order valence-corrected chi connectivity index (χ1v) is 9.16. The van der Waals surface area contributed by atoms with Crippen LogP contribution in [-0.2, 0) is 18.3 Å². The van der Waals surface area contributed by atoms with Crippen molar-refractivity contribution in [3.63, 3.8) is 0 Å². The largest absolute Gasteiger partial charge is 0.416 e. The predicted octanol–water partition coefficient (Wildman–Crippen LogP) is 6.02. The maximum atomic E-state index is 12.6. The lowest BCUT2D eigenvalue weighted by molar-refractivity contribution is -0.137. The first-order chi connectivity index (χ1) is 12.5. The van der Waals surface area contributed by atoms with Gasteiger partial charge in [-0.3, -0.25) is 0 Å². The zero-order chi connectivity index (χ0) is 18.6. The molecule has 0 spiro atoms. The highest BCUT2D eigenvalue weighted by molar-refractivity contribution is 7.98. The van der Waals surface area contributed by atoms with Crippen LogP contribution < -0.4 is 0 Å². The minimum Gasteiger partial charge on any atom is -0.166 e. The van der Waals surface area contributed by atoms with Crippen molar-refractivity contribution in [3.05, 3.63) is 77.4 Å². The van der Waals surface area contributed by atoms with Gasteiger partial charge in [-0.15, -0.1) is 10.2 Å². The van der Waals surface area contributed by atoms with Crippen LogP contribution in [0.1, 0.15) is 23.6 Å². The Balaban J connectivity index is 1.62. The Morgan fingerprint density at radius 1 is 0.808 bits per heavy atom. The lowest BCUT2D eigenvalue weighted by atomic mass is 10.1. The minimum absolute atomic E-state index is 0.539. The van der Waals surface area contributed by atoms with Crippen LogP contribution >= 0.6 is 11.8 Å².